The Hall–Kier alpha value is -0.310. The third-order valence-electron chi connectivity index (χ3n) is 2.48. The maximum Gasteiger partial charge on any atom is 0.129 e. The second kappa shape index (κ2) is 7.88. The number of rotatable bonds is 5. The summed E-state index contributed by atoms with van der Waals surface area (Å²) in [6.07, 6.45) is 4.16. The molecule has 0 saturated heterocycles. The van der Waals surface area contributed by atoms with Crippen LogP contribution in [0.25, 0.3) is 0 Å². The van der Waals surface area contributed by atoms with Crippen molar-refractivity contribution < 1.29 is 4.39 Å². The van der Waals surface area contributed by atoms with Crippen molar-refractivity contribution in [1.82, 2.24) is 0 Å². The molecule has 1 atom stereocenters. The van der Waals surface area contributed by atoms with Crippen LogP contribution in [0.2, 0.25) is 5.02 Å². The Morgan fingerprint density at radius 3 is 2.62 bits per heavy atom. The topological polar surface area (TPSA) is 26.0 Å². The van der Waals surface area contributed by atoms with Crippen LogP contribution in [-0.2, 0) is 0 Å². The fraction of sp³-hybridized carbons (Fsp3) is 0.500. The van der Waals surface area contributed by atoms with Gasteiger partial charge in [-0.1, -0.05) is 43.9 Å². The van der Waals surface area contributed by atoms with Gasteiger partial charge in [-0.25, -0.2) is 4.39 Å². The number of halogens is 3. The summed E-state index contributed by atoms with van der Waals surface area (Å²) in [4.78, 5) is 0. The van der Waals surface area contributed by atoms with Crippen molar-refractivity contribution in [3.63, 3.8) is 0 Å². The lowest BCUT2D eigenvalue weighted by atomic mass is 10.0. The first kappa shape index (κ1) is 15.7. The van der Waals surface area contributed by atoms with Gasteiger partial charge >= 0.3 is 0 Å². The van der Waals surface area contributed by atoms with E-state index in [9.17, 15) is 4.39 Å². The summed E-state index contributed by atoms with van der Waals surface area (Å²) in [5.74, 6) is -0.300. The van der Waals surface area contributed by atoms with Crippen LogP contribution in [0.1, 0.15) is 44.2 Å². The van der Waals surface area contributed by atoms with Gasteiger partial charge in [0.2, 0.25) is 0 Å². The van der Waals surface area contributed by atoms with E-state index in [4.69, 9.17) is 17.3 Å². The second-order valence-electron chi connectivity index (χ2n) is 3.77. The van der Waals surface area contributed by atoms with Crippen LogP contribution in [0, 0.1) is 5.82 Å². The first-order valence-corrected chi connectivity index (χ1v) is 5.73. The molecule has 16 heavy (non-hydrogen) atoms. The van der Waals surface area contributed by atoms with Crippen LogP contribution in [0.5, 0.6) is 0 Å². The summed E-state index contributed by atoms with van der Waals surface area (Å²) in [5, 5.41) is 0.414. The summed E-state index contributed by atoms with van der Waals surface area (Å²) >= 11 is 5.67. The number of hydrogen-bond acceptors (Lipinski definition) is 1. The van der Waals surface area contributed by atoms with Crippen LogP contribution < -0.4 is 5.73 Å². The van der Waals surface area contributed by atoms with Crippen molar-refractivity contribution in [3.05, 3.63) is 34.6 Å². The number of hydrogen-bond donors (Lipinski definition) is 1. The van der Waals surface area contributed by atoms with Crippen molar-refractivity contribution in [1.29, 1.82) is 0 Å². The van der Waals surface area contributed by atoms with Crippen LogP contribution in [0.4, 0.5) is 4.39 Å². The molecule has 0 aliphatic carbocycles. The Labute approximate surface area is 108 Å². The molecular formula is C12H18Cl2FN. The quantitative estimate of drug-likeness (QED) is 0.781. The molecule has 0 spiro atoms. The van der Waals surface area contributed by atoms with Gasteiger partial charge in [0.25, 0.3) is 0 Å². The van der Waals surface area contributed by atoms with E-state index < -0.39 is 0 Å². The molecule has 0 aromatic heterocycles. The van der Waals surface area contributed by atoms with Gasteiger partial charge in [0.05, 0.1) is 0 Å². The van der Waals surface area contributed by atoms with Crippen LogP contribution in [-0.4, -0.2) is 0 Å². The highest BCUT2D eigenvalue weighted by atomic mass is 35.5. The van der Waals surface area contributed by atoms with E-state index in [1.165, 1.54) is 6.07 Å². The van der Waals surface area contributed by atoms with Crippen molar-refractivity contribution >= 4 is 24.0 Å². The van der Waals surface area contributed by atoms with Gasteiger partial charge in [-0.2, -0.15) is 0 Å². The summed E-state index contributed by atoms with van der Waals surface area (Å²) in [5.41, 5.74) is 6.47. The zero-order chi connectivity index (χ0) is 11.3. The molecule has 0 unspecified atom stereocenters. The van der Waals surface area contributed by atoms with E-state index in [-0.39, 0.29) is 24.3 Å². The standard InChI is InChI=1S/C12H17ClFN.ClH/c1-2-3-4-5-12(15)10-7-6-9(13)8-11(10)14;/h6-8,12H,2-5,15H2,1H3;1H/t12-;/m1./s1. The van der Waals surface area contributed by atoms with Gasteiger partial charge < -0.3 is 5.73 Å². The molecule has 1 nitrogen and oxygen atoms in total. The maximum atomic E-state index is 13.4. The first-order valence-electron chi connectivity index (χ1n) is 5.35. The van der Waals surface area contributed by atoms with E-state index in [0.717, 1.165) is 25.7 Å². The maximum absolute atomic E-state index is 13.4. The fourth-order valence-corrected chi connectivity index (χ4v) is 1.73. The molecule has 0 fully saturated rings. The summed E-state index contributed by atoms with van der Waals surface area (Å²) in [7, 11) is 0. The molecule has 0 heterocycles. The average molecular weight is 266 g/mol. The van der Waals surface area contributed by atoms with E-state index in [0.29, 0.717) is 10.6 Å². The van der Waals surface area contributed by atoms with Crippen molar-refractivity contribution in [2.24, 2.45) is 5.73 Å². The number of benzene rings is 1. The molecule has 2 N–H and O–H groups in total. The molecule has 4 heteroatoms. The highest BCUT2D eigenvalue weighted by Gasteiger charge is 2.10. The fourth-order valence-electron chi connectivity index (χ4n) is 1.57. The Balaban J connectivity index is 0.00000225. The summed E-state index contributed by atoms with van der Waals surface area (Å²) in [6, 6.07) is 4.46. The Bertz CT molecular complexity index is 318. The number of nitrogens with two attached hydrogens (primary N) is 1. The lowest BCUT2D eigenvalue weighted by Gasteiger charge is -2.12. The Morgan fingerprint density at radius 1 is 1.38 bits per heavy atom. The highest BCUT2D eigenvalue weighted by Crippen LogP contribution is 2.22. The molecular weight excluding hydrogens is 248 g/mol. The van der Waals surface area contributed by atoms with E-state index in [1.54, 1.807) is 12.1 Å². The van der Waals surface area contributed by atoms with E-state index >= 15 is 0 Å². The number of unbranched alkanes of at least 4 members (excludes halogenated alkanes) is 2. The minimum absolute atomic E-state index is 0. The third-order valence-corrected chi connectivity index (χ3v) is 2.72. The molecule has 0 radical (unpaired) electrons. The van der Waals surface area contributed by atoms with Crippen LogP contribution in [0.3, 0.4) is 0 Å². The van der Waals surface area contributed by atoms with E-state index in [1.807, 2.05) is 0 Å². The van der Waals surface area contributed by atoms with Gasteiger partial charge in [-0.15, -0.1) is 12.4 Å². The molecule has 0 saturated carbocycles. The molecule has 0 amide bonds. The predicted octanol–water partition coefficient (Wildman–Crippen LogP) is 4.48. The SMILES string of the molecule is CCCCC[C@@H](N)c1ccc(Cl)cc1F.Cl. The Kier molecular flexibility index (Phi) is 7.73. The van der Waals surface area contributed by atoms with Gasteiger partial charge in [-0.3, -0.25) is 0 Å². The van der Waals surface area contributed by atoms with Crippen LogP contribution >= 0.6 is 24.0 Å². The second-order valence-corrected chi connectivity index (χ2v) is 4.20. The highest BCUT2D eigenvalue weighted by molar-refractivity contribution is 6.30. The molecule has 1 aromatic carbocycles. The van der Waals surface area contributed by atoms with Crippen LogP contribution in [0.15, 0.2) is 18.2 Å². The van der Waals surface area contributed by atoms with E-state index in [2.05, 4.69) is 6.92 Å². The predicted molar refractivity (Wildman–Crippen MR) is 69.7 cm³/mol. The Morgan fingerprint density at radius 2 is 2.06 bits per heavy atom. The minimum atomic E-state index is -0.300. The zero-order valence-corrected chi connectivity index (χ0v) is 11.0. The van der Waals surface area contributed by atoms with Crippen molar-refractivity contribution in [3.8, 4) is 0 Å². The normalized spacial score (nSPS) is 12.0. The molecule has 0 bridgehead atoms. The van der Waals surface area contributed by atoms with Gasteiger partial charge in [0.15, 0.2) is 0 Å². The monoisotopic (exact) mass is 265 g/mol. The molecule has 1 rings (SSSR count). The van der Waals surface area contributed by atoms with Gasteiger partial charge in [0.1, 0.15) is 5.82 Å². The molecule has 92 valence electrons. The lowest BCUT2D eigenvalue weighted by Crippen LogP contribution is -2.11. The molecule has 1 aromatic rings. The van der Waals surface area contributed by atoms with Gasteiger partial charge in [0, 0.05) is 16.6 Å². The smallest absolute Gasteiger partial charge is 0.129 e. The largest absolute Gasteiger partial charge is 0.324 e. The lowest BCUT2D eigenvalue weighted by molar-refractivity contribution is 0.539. The molecule has 0 aliphatic heterocycles. The summed E-state index contributed by atoms with van der Waals surface area (Å²) < 4.78 is 13.4. The summed E-state index contributed by atoms with van der Waals surface area (Å²) in [6.45, 7) is 2.13. The third kappa shape index (κ3) is 4.69. The average Bonchev–Trinajstić information content (AvgIpc) is 2.17. The molecule has 0 aliphatic rings. The van der Waals surface area contributed by atoms with Gasteiger partial charge in [-0.05, 0) is 18.6 Å². The first-order chi connectivity index (χ1) is 7.15. The minimum Gasteiger partial charge on any atom is -0.324 e. The van der Waals surface area contributed by atoms with Crippen molar-refractivity contribution in [2.45, 2.75) is 38.6 Å². The van der Waals surface area contributed by atoms with Crippen molar-refractivity contribution in [2.75, 3.05) is 0 Å². The zero-order valence-electron chi connectivity index (χ0n) is 9.38.